The highest BCUT2D eigenvalue weighted by Gasteiger charge is 2.22. The van der Waals surface area contributed by atoms with Crippen LogP contribution in [-0.4, -0.2) is 29.7 Å². The van der Waals surface area contributed by atoms with E-state index in [4.69, 9.17) is 10.9 Å². The van der Waals surface area contributed by atoms with Gasteiger partial charge in [0.2, 0.25) is 0 Å². The summed E-state index contributed by atoms with van der Waals surface area (Å²) >= 11 is 4.54. The van der Waals surface area contributed by atoms with E-state index < -0.39 is 10.0 Å². The summed E-state index contributed by atoms with van der Waals surface area (Å²) in [5.41, 5.74) is 5.59. The number of amidine groups is 1. The molecule has 0 aliphatic rings. The van der Waals surface area contributed by atoms with Crippen LogP contribution in [0.2, 0.25) is 0 Å². The molecule has 0 amide bonds. The highest BCUT2D eigenvalue weighted by molar-refractivity contribution is 9.11. The van der Waals surface area contributed by atoms with E-state index in [1.54, 1.807) is 6.92 Å². The maximum absolute atomic E-state index is 12.3. The Balaban J connectivity index is 2.39. The summed E-state index contributed by atoms with van der Waals surface area (Å²) in [6.07, 6.45) is 1.25. The number of hydrogen-bond donors (Lipinski definition) is 4. The number of sulfonamides is 1. The molecular formula is C9H10BrN5O3S2. The Hall–Kier alpha value is -1.59. The van der Waals surface area contributed by atoms with Gasteiger partial charge in [-0.2, -0.15) is 5.10 Å². The molecule has 20 heavy (non-hydrogen) atoms. The van der Waals surface area contributed by atoms with E-state index >= 15 is 0 Å². The van der Waals surface area contributed by atoms with Crippen LogP contribution in [0.15, 0.2) is 26.1 Å². The molecule has 2 heterocycles. The van der Waals surface area contributed by atoms with E-state index in [-0.39, 0.29) is 22.1 Å². The number of hydrogen-bond acceptors (Lipinski definition) is 6. The van der Waals surface area contributed by atoms with Crippen molar-refractivity contribution < 1.29 is 13.6 Å². The molecule has 0 aliphatic heterocycles. The minimum atomic E-state index is -3.79. The molecule has 0 radical (unpaired) electrons. The first-order chi connectivity index (χ1) is 9.35. The lowest BCUT2D eigenvalue weighted by Crippen LogP contribution is -2.19. The van der Waals surface area contributed by atoms with Crippen molar-refractivity contribution >= 4 is 48.9 Å². The molecule has 108 valence electrons. The SMILES string of the molecule is Cc1sc(Br)cc1S(=O)(=O)Nc1[nH]ncc1C(N)=NO. The van der Waals surface area contributed by atoms with Crippen molar-refractivity contribution in [2.75, 3.05) is 4.72 Å². The quantitative estimate of drug-likeness (QED) is 0.276. The number of aryl methyl sites for hydroxylation is 1. The average Bonchev–Trinajstić information content (AvgIpc) is 2.94. The summed E-state index contributed by atoms with van der Waals surface area (Å²) < 4.78 is 27.6. The van der Waals surface area contributed by atoms with E-state index in [0.29, 0.717) is 8.66 Å². The number of aromatic amines is 1. The molecule has 0 saturated carbocycles. The molecule has 0 spiro atoms. The van der Waals surface area contributed by atoms with Crippen molar-refractivity contribution in [3.8, 4) is 0 Å². The first-order valence-electron chi connectivity index (χ1n) is 5.15. The van der Waals surface area contributed by atoms with Gasteiger partial charge in [-0.05, 0) is 28.9 Å². The van der Waals surface area contributed by atoms with Crippen LogP contribution in [0, 0.1) is 6.92 Å². The highest BCUT2D eigenvalue weighted by Crippen LogP contribution is 2.30. The smallest absolute Gasteiger partial charge is 0.264 e. The minimum Gasteiger partial charge on any atom is -0.409 e. The number of oxime groups is 1. The number of rotatable bonds is 4. The van der Waals surface area contributed by atoms with Gasteiger partial charge in [0.1, 0.15) is 10.7 Å². The van der Waals surface area contributed by atoms with Gasteiger partial charge in [-0.3, -0.25) is 9.82 Å². The Morgan fingerprint density at radius 2 is 2.35 bits per heavy atom. The Kier molecular flexibility index (Phi) is 4.01. The van der Waals surface area contributed by atoms with Crippen molar-refractivity contribution in [2.24, 2.45) is 10.9 Å². The summed E-state index contributed by atoms with van der Waals surface area (Å²) in [5.74, 6) is -0.221. The molecule has 0 fully saturated rings. The maximum Gasteiger partial charge on any atom is 0.264 e. The second-order valence-electron chi connectivity index (χ2n) is 3.72. The maximum atomic E-state index is 12.3. The Morgan fingerprint density at radius 1 is 1.65 bits per heavy atom. The molecule has 0 aliphatic carbocycles. The van der Waals surface area contributed by atoms with Gasteiger partial charge in [-0.25, -0.2) is 8.42 Å². The summed E-state index contributed by atoms with van der Waals surface area (Å²) in [4.78, 5) is 0.781. The van der Waals surface area contributed by atoms with Crippen molar-refractivity contribution in [3.63, 3.8) is 0 Å². The molecular weight excluding hydrogens is 370 g/mol. The van der Waals surface area contributed by atoms with Crippen molar-refractivity contribution in [3.05, 3.63) is 26.5 Å². The van der Waals surface area contributed by atoms with E-state index in [1.165, 1.54) is 23.6 Å². The van der Waals surface area contributed by atoms with Crippen LogP contribution in [0.25, 0.3) is 0 Å². The van der Waals surface area contributed by atoms with Crippen LogP contribution >= 0.6 is 27.3 Å². The van der Waals surface area contributed by atoms with Crippen LogP contribution < -0.4 is 10.5 Å². The van der Waals surface area contributed by atoms with Gasteiger partial charge in [0, 0.05) is 4.88 Å². The van der Waals surface area contributed by atoms with Crippen LogP contribution in [0.1, 0.15) is 10.4 Å². The zero-order chi connectivity index (χ0) is 14.9. The Bertz CT molecular complexity index is 764. The number of nitrogens with zero attached hydrogens (tertiary/aromatic N) is 2. The molecule has 2 rings (SSSR count). The minimum absolute atomic E-state index is 0.0297. The zero-order valence-electron chi connectivity index (χ0n) is 10.1. The lowest BCUT2D eigenvalue weighted by atomic mass is 10.3. The number of nitrogens with one attached hydrogen (secondary N) is 2. The predicted molar refractivity (Wildman–Crippen MR) is 78.7 cm³/mol. The fourth-order valence-electron chi connectivity index (χ4n) is 1.50. The molecule has 0 bridgehead atoms. The van der Waals surface area contributed by atoms with Gasteiger partial charge in [0.15, 0.2) is 5.84 Å². The second-order valence-corrected chi connectivity index (χ2v) is 8.01. The van der Waals surface area contributed by atoms with E-state index in [1.807, 2.05) is 0 Å². The first-order valence-corrected chi connectivity index (χ1v) is 8.24. The summed E-state index contributed by atoms with van der Waals surface area (Å²) in [5, 5.41) is 17.6. The van der Waals surface area contributed by atoms with Gasteiger partial charge < -0.3 is 10.9 Å². The lowest BCUT2D eigenvalue weighted by Gasteiger charge is -2.07. The number of aromatic nitrogens is 2. The van der Waals surface area contributed by atoms with Crippen molar-refractivity contribution in [1.82, 2.24) is 10.2 Å². The van der Waals surface area contributed by atoms with E-state index in [2.05, 4.69) is 36.0 Å². The Labute approximate surface area is 126 Å². The molecule has 5 N–H and O–H groups in total. The molecule has 2 aromatic rings. The number of thiophene rings is 1. The lowest BCUT2D eigenvalue weighted by molar-refractivity contribution is 0.318. The normalized spacial score (nSPS) is 12.6. The molecule has 0 unspecified atom stereocenters. The third-order valence-corrected chi connectivity index (χ3v) is 5.55. The molecule has 2 aromatic heterocycles. The van der Waals surface area contributed by atoms with Gasteiger partial charge in [0.05, 0.1) is 15.5 Å². The third-order valence-electron chi connectivity index (χ3n) is 2.39. The number of anilines is 1. The van der Waals surface area contributed by atoms with Crippen molar-refractivity contribution in [1.29, 1.82) is 0 Å². The fourth-order valence-corrected chi connectivity index (χ4v) is 4.95. The van der Waals surface area contributed by atoms with E-state index in [9.17, 15) is 8.42 Å². The van der Waals surface area contributed by atoms with E-state index in [0.717, 1.165) is 0 Å². The monoisotopic (exact) mass is 379 g/mol. The van der Waals surface area contributed by atoms with Crippen LogP contribution in [0.3, 0.4) is 0 Å². The summed E-state index contributed by atoms with van der Waals surface area (Å²) in [7, 11) is -3.79. The molecule has 8 nitrogen and oxygen atoms in total. The zero-order valence-corrected chi connectivity index (χ0v) is 13.3. The third kappa shape index (κ3) is 2.78. The van der Waals surface area contributed by atoms with Crippen LogP contribution in [0.5, 0.6) is 0 Å². The molecule has 11 heteroatoms. The van der Waals surface area contributed by atoms with Gasteiger partial charge in [0.25, 0.3) is 10.0 Å². The summed E-state index contributed by atoms with van der Waals surface area (Å²) in [6.45, 7) is 1.70. The Morgan fingerprint density at radius 3 is 2.90 bits per heavy atom. The molecule has 0 atom stereocenters. The van der Waals surface area contributed by atoms with Crippen LogP contribution in [-0.2, 0) is 10.0 Å². The largest absolute Gasteiger partial charge is 0.409 e. The van der Waals surface area contributed by atoms with Crippen LogP contribution in [0.4, 0.5) is 5.82 Å². The number of H-pyrrole nitrogens is 1. The average molecular weight is 380 g/mol. The topological polar surface area (TPSA) is 133 Å². The molecule has 0 saturated heterocycles. The standard InChI is InChI=1S/C9H10BrN5O3S2/c1-4-6(2-7(10)19-4)20(17,18)15-9-5(3-12-13-9)8(11)14-16/h2-3,16H,1H3,(H2,11,14)(H2,12,13,15). The fraction of sp³-hybridized carbons (Fsp3) is 0.111. The van der Waals surface area contributed by atoms with Gasteiger partial charge >= 0.3 is 0 Å². The first kappa shape index (κ1) is 14.8. The van der Waals surface area contributed by atoms with Gasteiger partial charge in [-0.1, -0.05) is 5.16 Å². The number of halogens is 1. The highest BCUT2D eigenvalue weighted by atomic mass is 79.9. The molecule has 0 aromatic carbocycles. The second kappa shape index (κ2) is 5.42. The van der Waals surface area contributed by atoms with Gasteiger partial charge in [-0.15, -0.1) is 11.3 Å². The van der Waals surface area contributed by atoms with Crippen molar-refractivity contribution in [2.45, 2.75) is 11.8 Å². The predicted octanol–water partition coefficient (Wildman–Crippen LogP) is 1.44. The summed E-state index contributed by atoms with van der Waals surface area (Å²) in [6, 6.07) is 1.50. The number of nitrogens with two attached hydrogens (primary N) is 1.